The Balaban J connectivity index is 1.10. The summed E-state index contributed by atoms with van der Waals surface area (Å²) < 4.78 is 31.3. The quantitative estimate of drug-likeness (QED) is 0.370. The highest BCUT2D eigenvalue weighted by molar-refractivity contribution is 8.01. The van der Waals surface area contributed by atoms with Crippen molar-refractivity contribution in [3.05, 3.63) is 11.6 Å². The minimum absolute atomic E-state index is 0.0955. The van der Waals surface area contributed by atoms with Crippen LogP contribution in [-0.2, 0) is 28.5 Å². The summed E-state index contributed by atoms with van der Waals surface area (Å²) in [6.07, 6.45) is 9.26. The van der Waals surface area contributed by atoms with Gasteiger partial charge in [0.05, 0.1) is 29.5 Å². The Bertz CT molecular complexity index is 1200. The number of nitrogens with zero attached hydrogens (tertiary/aromatic N) is 1. The fourth-order valence-corrected chi connectivity index (χ4v) is 12.3. The smallest absolute Gasteiger partial charge is 0.331 e. The average molecular weight is 590 g/mol. The zero-order valence-corrected chi connectivity index (χ0v) is 25.1. The molecule has 0 radical (unpaired) electrons. The van der Waals surface area contributed by atoms with Gasteiger partial charge in [-0.2, -0.15) is 0 Å². The van der Waals surface area contributed by atoms with Crippen LogP contribution >= 0.6 is 11.8 Å². The second kappa shape index (κ2) is 9.02. The summed E-state index contributed by atoms with van der Waals surface area (Å²) >= 11 is 1.60. The van der Waals surface area contributed by atoms with Crippen LogP contribution in [0.3, 0.4) is 0 Å². The third kappa shape index (κ3) is 3.47. The molecule has 2 saturated heterocycles. The molecule has 8 aliphatic rings. The number of cyclic esters (lactones) is 1. The Labute approximate surface area is 245 Å². The maximum atomic E-state index is 12.6. The molecular weight excluding hydrogens is 546 g/mol. The molecule has 4 heterocycles. The Morgan fingerprint density at radius 3 is 2.66 bits per heavy atom. The maximum absolute atomic E-state index is 12.6. The molecule has 4 saturated carbocycles. The molecule has 41 heavy (non-hydrogen) atoms. The predicted octanol–water partition coefficient (Wildman–Crippen LogP) is 3.35. The van der Waals surface area contributed by atoms with Gasteiger partial charge in [0.25, 0.3) is 5.79 Å². The van der Waals surface area contributed by atoms with Gasteiger partial charge in [0.1, 0.15) is 6.61 Å². The Morgan fingerprint density at radius 1 is 1.07 bits per heavy atom. The van der Waals surface area contributed by atoms with Crippen LogP contribution in [0.5, 0.6) is 0 Å². The number of ether oxygens (including phenoxy) is 5. The number of carbonyl (C=O) groups excluding carboxylic acids is 1. The molecule has 0 bridgehead atoms. The number of carbonyl (C=O) groups is 1. The molecule has 0 aromatic heterocycles. The lowest BCUT2D eigenvalue weighted by Crippen LogP contribution is -2.74. The lowest BCUT2D eigenvalue weighted by molar-refractivity contribution is -0.448. The number of thioether (sulfide) groups is 1. The summed E-state index contributed by atoms with van der Waals surface area (Å²) in [6.45, 7) is 4.60. The highest BCUT2D eigenvalue weighted by Crippen LogP contribution is 2.69. The third-order valence-corrected chi connectivity index (χ3v) is 14.2. The summed E-state index contributed by atoms with van der Waals surface area (Å²) in [7, 11) is 1.82. The van der Waals surface area contributed by atoms with Crippen molar-refractivity contribution < 1.29 is 38.7 Å². The van der Waals surface area contributed by atoms with Crippen molar-refractivity contribution in [1.29, 1.82) is 0 Å². The number of hydrogen-bond donors (Lipinski definition) is 2. The van der Waals surface area contributed by atoms with E-state index in [9.17, 15) is 15.0 Å². The number of fused-ring (bicyclic) bond motifs is 8. The largest absolute Gasteiger partial charge is 0.458 e. The van der Waals surface area contributed by atoms with Crippen molar-refractivity contribution in [3.63, 3.8) is 0 Å². The summed E-state index contributed by atoms with van der Waals surface area (Å²) in [6, 6.07) is 0. The monoisotopic (exact) mass is 589 g/mol. The van der Waals surface area contributed by atoms with E-state index in [0.29, 0.717) is 19.4 Å². The Morgan fingerprint density at radius 2 is 1.93 bits per heavy atom. The van der Waals surface area contributed by atoms with Crippen LogP contribution in [0, 0.1) is 29.1 Å². The number of methoxy groups -OCH3 is 1. The van der Waals surface area contributed by atoms with Crippen LogP contribution < -0.4 is 0 Å². The highest BCUT2D eigenvalue weighted by atomic mass is 32.2. The zero-order valence-electron chi connectivity index (χ0n) is 24.3. The minimum Gasteiger partial charge on any atom is -0.458 e. The Kier molecular flexibility index (Phi) is 6.06. The van der Waals surface area contributed by atoms with E-state index >= 15 is 0 Å². The predicted molar refractivity (Wildman–Crippen MR) is 150 cm³/mol. The van der Waals surface area contributed by atoms with Gasteiger partial charge in [0.15, 0.2) is 4.87 Å². The average Bonchev–Trinajstić information content (AvgIpc) is 3.65. The maximum Gasteiger partial charge on any atom is 0.331 e. The molecule has 0 aromatic rings. The lowest BCUT2D eigenvalue weighted by Gasteiger charge is -2.66. The number of rotatable bonds is 2. The first-order valence-corrected chi connectivity index (χ1v) is 16.6. The van der Waals surface area contributed by atoms with Crippen LogP contribution in [0.4, 0.5) is 0 Å². The van der Waals surface area contributed by atoms with Crippen molar-refractivity contribution in [1.82, 2.24) is 0 Å². The molecule has 3 unspecified atom stereocenters. The van der Waals surface area contributed by atoms with E-state index in [1.54, 1.807) is 17.8 Å². The molecule has 6 fully saturated rings. The molecule has 0 amide bonds. The molecule has 4 aliphatic heterocycles. The summed E-state index contributed by atoms with van der Waals surface area (Å²) in [5.41, 5.74) is -0.566. The van der Waals surface area contributed by atoms with Crippen LogP contribution in [0.25, 0.3) is 0 Å². The topological polar surface area (TPSA) is 116 Å². The molecule has 4 aliphatic carbocycles. The minimum atomic E-state index is -1.68. The van der Waals surface area contributed by atoms with Gasteiger partial charge in [-0.25, -0.2) is 4.79 Å². The summed E-state index contributed by atoms with van der Waals surface area (Å²) in [4.78, 5) is 15.8. The van der Waals surface area contributed by atoms with E-state index < -0.39 is 28.2 Å². The van der Waals surface area contributed by atoms with Gasteiger partial charge in [-0.05, 0) is 81.1 Å². The molecule has 226 valence electrons. The van der Waals surface area contributed by atoms with E-state index in [1.165, 1.54) is 0 Å². The van der Waals surface area contributed by atoms with Crippen LogP contribution in [0.2, 0.25) is 0 Å². The zero-order chi connectivity index (χ0) is 28.4. The normalized spacial score (nSPS) is 57.3. The van der Waals surface area contributed by atoms with Gasteiger partial charge in [-0.3, -0.25) is 4.99 Å². The first-order valence-electron chi connectivity index (χ1n) is 15.6. The number of hydrogen-bond acceptors (Lipinski definition) is 10. The van der Waals surface area contributed by atoms with Crippen LogP contribution in [0.15, 0.2) is 16.6 Å². The van der Waals surface area contributed by atoms with E-state index in [1.807, 2.05) is 20.2 Å². The fraction of sp³-hybridized carbons (Fsp3) is 0.871. The second-order valence-corrected chi connectivity index (χ2v) is 15.6. The molecule has 13 atom stereocenters. The van der Waals surface area contributed by atoms with Gasteiger partial charge >= 0.3 is 5.97 Å². The van der Waals surface area contributed by atoms with Crippen molar-refractivity contribution >= 4 is 23.9 Å². The number of esters is 1. The van der Waals surface area contributed by atoms with Gasteiger partial charge in [-0.1, -0.05) is 6.92 Å². The molecule has 2 N–H and O–H groups in total. The standard InChI is InChI=1S/C31H43NO8S/c1-17-14-30(32-10-11-41-30)31(35)26(38-17)39-23-13-19-4-5-22-21(28(19,36-3)15-24(23)40-31)6-8-27(2)20(7-9-29(22,27)34)18-12-25(33)37-16-18/h10,12,17,19-24,26,34-35H,4-9,11,13-16H2,1-3H3/t17-,19+,20-,21?,22-,23-,24-,26+,27-,28-,29+,30?,31?/m1/s1. The van der Waals surface area contributed by atoms with Crippen LogP contribution in [-0.4, -0.2) is 88.3 Å². The SMILES string of the molecule is CO[C@]12C[C@H]3OC4(O)[C@@H](O[C@H](C)CC45N=CCS5)O[C@@H]3C[C@@H]1CC[C@@H]1C2CC[C@]2(C)[C@@H](C3=CC(=O)OC3)CC[C@]12O. The van der Waals surface area contributed by atoms with Gasteiger partial charge < -0.3 is 33.9 Å². The second-order valence-electron chi connectivity index (χ2n) is 14.3. The molecule has 1 spiro atoms. The van der Waals surface area contributed by atoms with Gasteiger partial charge in [0, 0.05) is 43.4 Å². The molecule has 8 rings (SSSR count). The van der Waals surface area contributed by atoms with Gasteiger partial charge in [-0.15, -0.1) is 11.8 Å². The first kappa shape index (κ1) is 27.5. The van der Waals surface area contributed by atoms with Gasteiger partial charge in [0.2, 0.25) is 6.29 Å². The molecule has 9 nitrogen and oxygen atoms in total. The Hall–Kier alpha value is -1.01. The number of aliphatic imine (C=N–C) groups is 1. The fourth-order valence-electron chi connectivity index (χ4n) is 11.0. The third-order valence-electron chi connectivity index (χ3n) is 12.9. The van der Waals surface area contributed by atoms with Crippen molar-refractivity contribution in [2.75, 3.05) is 19.5 Å². The van der Waals surface area contributed by atoms with Crippen LogP contribution in [0.1, 0.15) is 71.6 Å². The first-order chi connectivity index (χ1) is 19.6. The van der Waals surface area contributed by atoms with E-state index in [2.05, 4.69) is 6.92 Å². The molecular formula is C31H43NO8S. The molecule has 0 aromatic carbocycles. The van der Waals surface area contributed by atoms with Crippen molar-refractivity contribution in [3.8, 4) is 0 Å². The van der Waals surface area contributed by atoms with E-state index in [4.69, 9.17) is 28.7 Å². The van der Waals surface area contributed by atoms with Crippen molar-refractivity contribution in [2.45, 2.75) is 118 Å². The van der Waals surface area contributed by atoms with E-state index in [-0.39, 0.29) is 53.4 Å². The summed E-state index contributed by atoms with van der Waals surface area (Å²) in [5.74, 6) is -0.519. The highest BCUT2D eigenvalue weighted by Gasteiger charge is 2.72. The molecule has 10 heteroatoms. The van der Waals surface area contributed by atoms with Crippen molar-refractivity contribution in [2.24, 2.45) is 34.1 Å². The summed E-state index contributed by atoms with van der Waals surface area (Å²) in [5, 5.41) is 24.7. The van der Waals surface area contributed by atoms with E-state index in [0.717, 1.165) is 56.3 Å². The number of aliphatic hydroxyl groups is 2. The lowest BCUT2D eigenvalue weighted by atomic mass is 9.45.